The van der Waals surface area contributed by atoms with E-state index in [0.29, 0.717) is 20.6 Å². The van der Waals surface area contributed by atoms with Gasteiger partial charge in [-0.15, -0.1) is 0 Å². The van der Waals surface area contributed by atoms with Crippen LogP contribution in [0.5, 0.6) is 5.88 Å². The van der Waals surface area contributed by atoms with Crippen LogP contribution in [0.2, 0.25) is 10.0 Å². The Hall–Kier alpha value is -2.34. The molecule has 0 bridgehead atoms. The largest absolute Gasteiger partial charge is 0.493 e. The van der Waals surface area contributed by atoms with Crippen LogP contribution in [0, 0.1) is 0 Å². The van der Waals surface area contributed by atoms with Crippen molar-refractivity contribution in [3.05, 3.63) is 72.6 Å². The maximum atomic E-state index is 12.4. The average Bonchev–Trinajstić information content (AvgIpc) is 3.12. The highest BCUT2D eigenvalue weighted by Crippen LogP contribution is 2.35. The number of aromatic hydroxyl groups is 1. The third-order valence-electron chi connectivity index (χ3n) is 3.82. The van der Waals surface area contributed by atoms with E-state index in [1.165, 1.54) is 4.57 Å². The van der Waals surface area contributed by atoms with Gasteiger partial charge in [0.05, 0.1) is 26.3 Å². The Morgan fingerprint density at radius 2 is 1.92 bits per heavy atom. The van der Waals surface area contributed by atoms with Crippen molar-refractivity contribution >= 4 is 58.1 Å². The van der Waals surface area contributed by atoms with Crippen LogP contribution < -0.4 is 4.87 Å². The monoisotopic (exact) mass is 388 g/mol. The molecule has 2 heterocycles. The topological polar surface area (TPSA) is 54.6 Å². The van der Waals surface area contributed by atoms with Gasteiger partial charge in [0.2, 0.25) is 5.88 Å². The van der Waals surface area contributed by atoms with E-state index in [1.807, 2.05) is 24.3 Å². The summed E-state index contributed by atoms with van der Waals surface area (Å²) in [4.78, 5) is 16.8. The summed E-state index contributed by atoms with van der Waals surface area (Å²) < 4.78 is 1.21. The fraction of sp³-hybridized carbons (Fsp3) is 0. The van der Waals surface area contributed by atoms with Gasteiger partial charge in [-0.2, -0.15) is 0 Å². The van der Waals surface area contributed by atoms with Crippen molar-refractivity contribution in [2.45, 2.75) is 0 Å². The maximum Gasteiger partial charge on any atom is 0.315 e. The number of allylic oxidation sites excluding steroid dienone is 1. The first-order chi connectivity index (χ1) is 12.0. The number of aliphatic imine (C=N–C) groups is 1. The number of rotatable bonds is 2. The van der Waals surface area contributed by atoms with Crippen molar-refractivity contribution in [2.75, 3.05) is 0 Å². The second kappa shape index (κ2) is 6.19. The molecule has 124 valence electrons. The summed E-state index contributed by atoms with van der Waals surface area (Å²) in [6, 6.07) is 12.5. The lowest BCUT2D eigenvalue weighted by Crippen LogP contribution is -2.09. The molecule has 1 aliphatic rings. The van der Waals surface area contributed by atoms with Gasteiger partial charge in [-0.1, -0.05) is 52.7 Å². The molecule has 1 aliphatic heterocycles. The summed E-state index contributed by atoms with van der Waals surface area (Å²) in [6.07, 6.45) is 3.47. The first kappa shape index (κ1) is 16.1. The third-order valence-corrected chi connectivity index (χ3v) is 5.43. The van der Waals surface area contributed by atoms with Gasteiger partial charge in [-0.25, -0.2) is 4.57 Å². The quantitative estimate of drug-likeness (QED) is 0.658. The van der Waals surface area contributed by atoms with Gasteiger partial charge in [-0.05, 0) is 30.3 Å². The molecule has 0 aliphatic carbocycles. The van der Waals surface area contributed by atoms with Gasteiger partial charge in [-0.3, -0.25) is 9.79 Å². The molecular weight excluding hydrogens is 379 g/mol. The number of para-hydroxylation sites is 1. The van der Waals surface area contributed by atoms with Crippen LogP contribution in [0.1, 0.15) is 10.4 Å². The van der Waals surface area contributed by atoms with Crippen LogP contribution >= 0.6 is 34.5 Å². The van der Waals surface area contributed by atoms with E-state index in [0.717, 1.165) is 28.2 Å². The minimum atomic E-state index is -0.314. The van der Waals surface area contributed by atoms with E-state index in [2.05, 4.69) is 4.99 Å². The predicted molar refractivity (Wildman–Crippen MR) is 104 cm³/mol. The van der Waals surface area contributed by atoms with Crippen molar-refractivity contribution in [3.8, 4) is 11.6 Å². The first-order valence-electron chi connectivity index (χ1n) is 7.30. The molecular formula is C18H10Cl2N2O2S. The standard InChI is InChI=1S/C18H10Cl2N2O2S/c19-13-6-5-11(8-14(13)20)22-17(23)16(25-18(22)24)7-10-9-21-15-4-2-1-3-12(10)15/h1-9,23H. The summed E-state index contributed by atoms with van der Waals surface area (Å²) in [5.41, 5.74) is 3.13. The Balaban J connectivity index is 1.82. The molecule has 0 unspecified atom stereocenters. The van der Waals surface area contributed by atoms with Gasteiger partial charge in [0.15, 0.2) is 0 Å². The highest BCUT2D eigenvalue weighted by atomic mass is 35.5. The van der Waals surface area contributed by atoms with E-state index in [1.54, 1.807) is 30.5 Å². The van der Waals surface area contributed by atoms with Crippen molar-refractivity contribution in [3.63, 3.8) is 0 Å². The molecule has 0 amide bonds. The van der Waals surface area contributed by atoms with E-state index >= 15 is 0 Å². The van der Waals surface area contributed by atoms with Gasteiger partial charge < -0.3 is 5.11 Å². The van der Waals surface area contributed by atoms with Crippen molar-refractivity contribution in [2.24, 2.45) is 4.99 Å². The molecule has 0 radical (unpaired) electrons. The summed E-state index contributed by atoms with van der Waals surface area (Å²) in [5, 5.41) is 11.2. The maximum absolute atomic E-state index is 12.4. The van der Waals surface area contributed by atoms with E-state index < -0.39 is 0 Å². The van der Waals surface area contributed by atoms with Gasteiger partial charge >= 0.3 is 4.87 Å². The zero-order chi connectivity index (χ0) is 17.6. The SMILES string of the molecule is O=c1sc(C=C2C=Nc3ccccc32)c(O)n1-c1ccc(Cl)c(Cl)c1. The molecule has 7 heteroatoms. The van der Waals surface area contributed by atoms with E-state index in [4.69, 9.17) is 23.2 Å². The van der Waals surface area contributed by atoms with Crippen molar-refractivity contribution in [1.82, 2.24) is 4.57 Å². The summed E-state index contributed by atoms with van der Waals surface area (Å²) in [7, 11) is 0. The Morgan fingerprint density at radius 1 is 1.12 bits per heavy atom. The second-order valence-corrected chi connectivity index (χ2v) is 7.17. The fourth-order valence-electron chi connectivity index (χ4n) is 2.62. The molecule has 4 rings (SSSR count). The predicted octanol–water partition coefficient (Wildman–Crippen LogP) is 5.17. The molecule has 4 nitrogen and oxygen atoms in total. The molecule has 2 aromatic carbocycles. The smallest absolute Gasteiger partial charge is 0.315 e. The van der Waals surface area contributed by atoms with Gasteiger partial charge in [0.25, 0.3) is 0 Å². The Bertz CT molecular complexity index is 1110. The highest BCUT2D eigenvalue weighted by Gasteiger charge is 2.17. The lowest BCUT2D eigenvalue weighted by atomic mass is 10.1. The second-order valence-electron chi connectivity index (χ2n) is 5.36. The molecule has 0 saturated heterocycles. The first-order valence-corrected chi connectivity index (χ1v) is 8.87. The summed E-state index contributed by atoms with van der Waals surface area (Å²) in [6.45, 7) is 0. The molecule has 0 atom stereocenters. The molecule has 1 aromatic heterocycles. The van der Waals surface area contributed by atoms with Gasteiger partial charge in [0.1, 0.15) is 0 Å². The molecule has 25 heavy (non-hydrogen) atoms. The minimum absolute atomic E-state index is 0.140. The Kier molecular flexibility index (Phi) is 4.00. The average molecular weight is 389 g/mol. The highest BCUT2D eigenvalue weighted by molar-refractivity contribution is 7.10. The number of halogens is 2. The molecule has 3 aromatic rings. The number of hydrogen-bond donors (Lipinski definition) is 1. The number of thiazole rings is 1. The summed E-state index contributed by atoms with van der Waals surface area (Å²) >= 11 is 12.9. The van der Waals surface area contributed by atoms with Crippen LogP contribution in [0.4, 0.5) is 5.69 Å². The Labute approximate surface area is 156 Å². The third kappa shape index (κ3) is 2.80. The van der Waals surface area contributed by atoms with Crippen LogP contribution in [0.3, 0.4) is 0 Å². The Morgan fingerprint density at radius 3 is 2.72 bits per heavy atom. The van der Waals surface area contributed by atoms with Crippen molar-refractivity contribution < 1.29 is 5.11 Å². The van der Waals surface area contributed by atoms with Crippen molar-refractivity contribution in [1.29, 1.82) is 0 Å². The number of hydrogen-bond acceptors (Lipinski definition) is 4. The lowest BCUT2D eigenvalue weighted by Gasteiger charge is -2.05. The van der Waals surface area contributed by atoms with E-state index in [-0.39, 0.29) is 10.8 Å². The lowest BCUT2D eigenvalue weighted by molar-refractivity contribution is 0.440. The molecule has 0 spiro atoms. The fourth-order valence-corrected chi connectivity index (χ4v) is 3.76. The molecule has 1 N–H and O–H groups in total. The number of benzene rings is 2. The van der Waals surface area contributed by atoms with Crippen LogP contribution in [0.15, 0.2) is 52.3 Å². The molecule has 0 fully saturated rings. The zero-order valence-electron chi connectivity index (χ0n) is 12.6. The zero-order valence-corrected chi connectivity index (χ0v) is 14.9. The summed E-state index contributed by atoms with van der Waals surface area (Å²) in [5.74, 6) is -0.140. The number of nitrogens with zero attached hydrogens (tertiary/aromatic N) is 2. The van der Waals surface area contributed by atoms with Crippen LogP contribution in [-0.4, -0.2) is 15.9 Å². The van der Waals surface area contributed by atoms with Gasteiger partial charge in [0, 0.05) is 17.4 Å². The normalized spacial score (nSPS) is 14.2. The van der Waals surface area contributed by atoms with Crippen LogP contribution in [-0.2, 0) is 0 Å². The minimum Gasteiger partial charge on any atom is -0.493 e. The number of aromatic nitrogens is 1. The molecule has 0 saturated carbocycles. The van der Waals surface area contributed by atoms with Crippen LogP contribution in [0.25, 0.3) is 17.3 Å². The number of fused-ring (bicyclic) bond motifs is 1. The van der Waals surface area contributed by atoms with E-state index in [9.17, 15) is 9.90 Å².